The zero-order valence-corrected chi connectivity index (χ0v) is 25.1. The van der Waals surface area contributed by atoms with E-state index in [-0.39, 0.29) is 0 Å². The van der Waals surface area contributed by atoms with E-state index in [0.717, 1.165) is 0 Å². The molecule has 0 atom stereocenters. The predicted octanol–water partition coefficient (Wildman–Crippen LogP) is 12.5. The molecule has 0 aromatic carbocycles. The van der Waals surface area contributed by atoms with Crippen LogP contribution in [0.3, 0.4) is 0 Å². The quantitative estimate of drug-likeness (QED) is 0.0926. The lowest BCUT2D eigenvalue weighted by Crippen LogP contribution is -2.12. The van der Waals surface area contributed by atoms with Gasteiger partial charge in [0.25, 0.3) is 14.1 Å². The fourth-order valence-electron chi connectivity index (χ4n) is 4.75. The molecule has 0 saturated heterocycles. The Bertz CT molecular complexity index is 246. The summed E-state index contributed by atoms with van der Waals surface area (Å²) >= 11 is -0.410. The molecule has 0 aromatic heterocycles. The molecule has 0 heterocycles. The van der Waals surface area contributed by atoms with Crippen molar-refractivity contribution in [1.82, 2.24) is 0 Å². The zero-order valence-electron chi connectivity index (χ0n) is 24.0. The van der Waals surface area contributed by atoms with Gasteiger partial charge in [0.1, 0.15) is 0 Å². The van der Waals surface area contributed by atoms with Crippen molar-refractivity contribution >= 4 is 14.1 Å². The molecule has 0 aliphatic heterocycles. The summed E-state index contributed by atoms with van der Waals surface area (Å²) in [4.78, 5) is 0. The smallest absolute Gasteiger partial charge is 0.0939 e. The van der Waals surface area contributed by atoms with Gasteiger partial charge in [-0.2, -0.15) is 0 Å². The highest BCUT2D eigenvalue weighted by atomic mass is 27.2. The number of hydrogen-bond donors (Lipinski definition) is 0. The fraction of sp³-hybridized carbons (Fsp3) is 1.00. The van der Waals surface area contributed by atoms with Crippen molar-refractivity contribution in [3.05, 3.63) is 0 Å². The third-order valence-corrected chi connectivity index (χ3v) is 10.8. The lowest BCUT2D eigenvalue weighted by Gasteiger charge is -2.12. The van der Waals surface area contributed by atoms with E-state index >= 15 is 0 Å². The third-order valence-electron chi connectivity index (χ3n) is 7.10. The van der Waals surface area contributed by atoms with Crippen molar-refractivity contribution in [3.63, 3.8) is 0 Å². The average molecular weight is 467 g/mol. The molecule has 0 fully saturated rings. The van der Waals surface area contributed by atoms with Crippen LogP contribution in [-0.2, 0) is 0 Å². The Morgan fingerprint density at radius 1 is 0.250 bits per heavy atom. The molecule has 32 heavy (non-hydrogen) atoms. The molecule has 0 aliphatic rings. The summed E-state index contributed by atoms with van der Waals surface area (Å²) in [7, 11) is 0. The Morgan fingerprint density at radius 3 is 0.688 bits per heavy atom. The van der Waals surface area contributed by atoms with E-state index in [2.05, 4.69) is 34.6 Å². The van der Waals surface area contributed by atoms with Crippen LogP contribution in [0.2, 0.25) is 15.8 Å². The maximum atomic E-state index is 2.32. The molecule has 0 nitrogen and oxygen atoms in total. The summed E-state index contributed by atoms with van der Waals surface area (Å²) in [6.07, 6.45) is 33.7. The second-order valence-electron chi connectivity index (χ2n) is 10.6. The van der Waals surface area contributed by atoms with Crippen LogP contribution in [0.1, 0.15) is 182 Å². The van der Waals surface area contributed by atoms with Crippen molar-refractivity contribution in [2.75, 3.05) is 0 Å². The van der Waals surface area contributed by atoms with Gasteiger partial charge >= 0.3 is 0 Å². The first-order valence-corrected chi connectivity index (χ1v) is 18.2. The van der Waals surface area contributed by atoms with Crippen molar-refractivity contribution in [2.45, 2.75) is 198 Å². The van der Waals surface area contributed by atoms with Gasteiger partial charge in [0, 0.05) is 0 Å². The molecule has 1 heteroatoms. The zero-order chi connectivity index (χ0) is 24.0. The highest BCUT2D eigenvalue weighted by molar-refractivity contribution is 6.58. The Hall–Kier alpha value is 0.532. The lowest BCUT2D eigenvalue weighted by atomic mass is 10.1. The summed E-state index contributed by atoms with van der Waals surface area (Å²) in [5.41, 5.74) is 0. The maximum Gasteiger partial charge on any atom is 0.261 e. The molecule has 0 saturated carbocycles. The van der Waals surface area contributed by atoms with E-state index in [9.17, 15) is 0 Å². The summed E-state index contributed by atoms with van der Waals surface area (Å²) in [5.74, 6) is 0. The van der Waals surface area contributed by atoms with Crippen LogP contribution in [0.25, 0.3) is 0 Å². The molecule has 194 valence electrons. The summed E-state index contributed by atoms with van der Waals surface area (Å²) in [5, 5.41) is 4.99. The minimum Gasteiger partial charge on any atom is -0.0939 e. The molecule has 0 N–H and O–H groups in total. The predicted molar refractivity (Wildman–Crippen MR) is 155 cm³/mol. The van der Waals surface area contributed by atoms with Crippen LogP contribution in [0.15, 0.2) is 0 Å². The molecule has 0 rings (SSSR count). The molecular formula is C31H67Al. The van der Waals surface area contributed by atoms with E-state index in [4.69, 9.17) is 0 Å². The van der Waals surface area contributed by atoms with Gasteiger partial charge in [-0.15, -0.1) is 0 Å². The third kappa shape index (κ3) is 32.7. The van der Waals surface area contributed by atoms with Gasteiger partial charge in [-0.25, -0.2) is 0 Å². The number of unbranched alkanes of at least 4 members (excludes halogenated alkanes) is 19. The SMILES string of the molecule is CCCCCCC.CCCCCCC[CH2][Al]([CH2]CCCCCCC)[CH2]CCCCCCC. The largest absolute Gasteiger partial charge is 0.261 e. The van der Waals surface area contributed by atoms with Crippen molar-refractivity contribution in [2.24, 2.45) is 0 Å². The number of hydrogen-bond acceptors (Lipinski definition) is 0. The average Bonchev–Trinajstić information content (AvgIpc) is 2.81. The Labute approximate surface area is 211 Å². The minimum atomic E-state index is -0.410. The second-order valence-corrected chi connectivity index (χ2v) is 14.1. The molecule has 0 radical (unpaired) electrons. The van der Waals surface area contributed by atoms with Crippen LogP contribution >= 0.6 is 0 Å². The summed E-state index contributed by atoms with van der Waals surface area (Å²) in [6.45, 7) is 11.5. The van der Waals surface area contributed by atoms with Gasteiger partial charge in [-0.1, -0.05) is 198 Å². The fourth-order valence-corrected chi connectivity index (χ4v) is 8.21. The lowest BCUT2D eigenvalue weighted by molar-refractivity contribution is 0.610. The Balaban J connectivity index is 0. The van der Waals surface area contributed by atoms with Crippen molar-refractivity contribution < 1.29 is 0 Å². The Morgan fingerprint density at radius 2 is 0.438 bits per heavy atom. The van der Waals surface area contributed by atoms with Gasteiger partial charge in [-0.05, 0) is 0 Å². The normalized spacial score (nSPS) is 10.8. The molecule has 0 bridgehead atoms. The van der Waals surface area contributed by atoms with Gasteiger partial charge in [-0.3, -0.25) is 0 Å². The highest BCUT2D eigenvalue weighted by Crippen LogP contribution is 2.20. The van der Waals surface area contributed by atoms with E-state index in [0.29, 0.717) is 0 Å². The highest BCUT2D eigenvalue weighted by Gasteiger charge is 2.15. The van der Waals surface area contributed by atoms with Gasteiger partial charge in [0.05, 0.1) is 0 Å². The van der Waals surface area contributed by atoms with E-state index < -0.39 is 14.1 Å². The standard InChI is InChI=1S/3C8H17.C7H16.Al/c3*1-3-5-7-8-6-4-2;1-3-5-7-6-4-2;/h3*1,3-8H2,2H3;3-7H2,1-2H3;. The molecule has 0 spiro atoms. The molecule has 0 unspecified atom stereocenters. The Kier molecular flexibility index (Phi) is 36.5. The first kappa shape index (κ1) is 34.7. The van der Waals surface area contributed by atoms with Gasteiger partial charge in [0.2, 0.25) is 0 Å². The monoisotopic (exact) mass is 467 g/mol. The second kappa shape index (κ2) is 33.7. The van der Waals surface area contributed by atoms with Crippen LogP contribution < -0.4 is 0 Å². The molecule has 0 amide bonds. The van der Waals surface area contributed by atoms with Crippen molar-refractivity contribution in [1.29, 1.82) is 0 Å². The van der Waals surface area contributed by atoms with Crippen LogP contribution in [0, 0.1) is 0 Å². The minimum absolute atomic E-state index is 0.410. The molecule has 0 aromatic rings. The molecular weight excluding hydrogens is 399 g/mol. The van der Waals surface area contributed by atoms with Crippen LogP contribution in [0.5, 0.6) is 0 Å². The summed E-state index contributed by atoms with van der Waals surface area (Å²) in [6, 6.07) is 0. The van der Waals surface area contributed by atoms with E-state index in [1.54, 1.807) is 35.1 Å². The summed E-state index contributed by atoms with van der Waals surface area (Å²) < 4.78 is 0. The first-order valence-electron chi connectivity index (χ1n) is 15.8. The first-order chi connectivity index (χ1) is 15.8. The van der Waals surface area contributed by atoms with Gasteiger partial charge in [0.15, 0.2) is 0 Å². The van der Waals surface area contributed by atoms with Crippen molar-refractivity contribution in [3.8, 4) is 0 Å². The van der Waals surface area contributed by atoms with E-state index in [1.165, 1.54) is 128 Å². The maximum absolute atomic E-state index is 2.32. The van der Waals surface area contributed by atoms with E-state index in [1.807, 2.05) is 0 Å². The molecule has 0 aliphatic carbocycles. The van der Waals surface area contributed by atoms with Gasteiger partial charge < -0.3 is 0 Å². The van der Waals surface area contributed by atoms with Crippen LogP contribution in [-0.4, -0.2) is 14.1 Å². The van der Waals surface area contributed by atoms with Crippen LogP contribution in [0.4, 0.5) is 0 Å². The number of rotatable bonds is 25. The topological polar surface area (TPSA) is 0 Å².